The Kier molecular flexibility index (Phi) is 5.19. The Hall–Kier alpha value is -1.52. The average molecular weight is 254 g/mol. The SMILES string of the molecule is CCCCC(CC1C(=O)CC(=O)C1=O)C(=O)OC. The number of ether oxygens (including phenoxy) is 1. The summed E-state index contributed by atoms with van der Waals surface area (Å²) in [7, 11) is 1.28. The zero-order valence-electron chi connectivity index (χ0n) is 10.7. The molecule has 0 bridgehead atoms. The molecule has 1 rings (SSSR count). The number of Topliss-reactive ketones (excluding diaryl/α,β-unsaturated/α-hetero) is 3. The fourth-order valence-corrected chi connectivity index (χ4v) is 2.18. The third-order valence-corrected chi connectivity index (χ3v) is 3.28. The van der Waals surface area contributed by atoms with Crippen LogP contribution in [0.4, 0.5) is 0 Å². The van der Waals surface area contributed by atoms with E-state index in [9.17, 15) is 19.2 Å². The monoisotopic (exact) mass is 254 g/mol. The molecule has 1 aliphatic carbocycles. The summed E-state index contributed by atoms with van der Waals surface area (Å²) in [5.74, 6) is -3.47. The molecule has 0 aromatic rings. The molecule has 0 spiro atoms. The maximum atomic E-state index is 11.6. The Morgan fingerprint density at radius 2 is 2.06 bits per heavy atom. The molecule has 1 aliphatic rings. The van der Waals surface area contributed by atoms with Crippen LogP contribution < -0.4 is 0 Å². The van der Waals surface area contributed by atoms with Gasteiger partial charge in [0.15, 0.2) is 5.78 Å². The highest BCUT2D eigenvalue weighted by molar-refractivity contribution is 6.49. The lowest BCUT2D eigenvalue weighted by atomic mass is 9.88. The van der Waals surface area contributed by atoms with E-state index < -0.39 is 29.4 Å². The minimum Gasteiger partial charge on any atom is -0.469 e. The second-order valence-electron chi connectivity index (χ2n) is 4.58. The molecular weight excluding hydrogens is 236 g/mol. The zero-order chi connectivity index (χ0) is 13.7. The van der Waals surface area contributed by atoms with Gasteiger partial charge in [-0.2, -0.15) is 0 Å². The molecule has 2 unspecified atom stereocenters. The van der Waals surface area contributed by atoms with Gasteiger partial charge in [-0.25, -0.2) is 0 Å². The minimum atomic E-state index is -0.932. The van der Waals surface area contributed by atoms with Crippen molar-refractivity contribution in [3.63, 3.8) is 0 Å². The van der Waals surface area contributed by atoms with Gasteiger partial charge in [-0.05, 0) is 12.8 Å². The molecule has 0 saturated heterocycles. The number of esters is 1. The molecule has 0 amide bonds. The lowest BCUT2D eigenvalue weighted by Crippen LogP contribution is -2.25. The van der Waals surface area contributed by atoms with Gasteiger partial charge in [0.25, 0.3) is 0 Å². The molecule has 0 N–H and O–H groups in total. The molecule has 0 aromatic heterocycles. The Morgan fingerprint density at radius 1 is 1.39 bits per heavy atom. The second-order valence-corrected chi connectivity index (χ2v) is 4.58. The third kappa shape index (κ3) is 3.24. The Morgan fingerprint density at radius 3 is 2.50 bits per heavy atom. The highest BCUT2D eigenvalue weighted by Gasteiger charge is 2.42. The number of carbonyl (C=O) groups is 4. The van der Waals surface area contributed by atoms with Crippen LogP contribution >= 0.6 is 0 Å². The standard InChI is InChI=1S/C13H18O5/c1-3-4-5-8(13(17)18-2)6-9-10(14)7-11(15)12(9)16/h8-9H,3-7H2,1-2H3. The summed E-state index contributed by atoms with van der Waals surface area (Å²) in [5, 5.41) is 0. The van der Waals surface area contributed by atoms with E-state index in [2.05, 4.69) is 4.74 Å². The van der Waals surface area contributed by atoms with E-state index in [-0.39, 0.29) is 18.6 Å². The van der Waals surface area contributed by atoms with E-state index in [0.717, 1.165) is 12.8 Å². The number of methoxy groups -OCH3 is 1. The maximum absolute atomic E-state index is 11.6. The summed E-state index contributed by atoms with van der Waals surface area (Å²) in [4.78, 5) is 45.7. The Balaban J connectivity index is 2.70. The predicted octanol–water partition coefficient (Wildman–Crippen LogP) is 1.08. The van der Waals surface area contributed by atoms with Crippen LogP contribution in [0.5, 0.6) is 0 Å². The lowest BCUT2D eigenvalue weighted by molar-refractivity contribution is -0.147. The van der Waals surface area contributed by atoms with E-state index in [4.69, 9.17) is 0 Å². The minimum absolute atomic E-state index is 0.107. The molecule has 0 radical (unpaired) electrons. The van der Waals surface area contributed by atoms with Crippen molar-refractivity contribution in [1.82, 2.24) is 0 Å². The van der Waals surface area contributed by atoms with E-state index in [0.29, 0.717) is 6.42 Å². The first-order valence-electron chi connectivity index (χ1n) is 6.18. The van der Waals surface area contributed by atoms with Gasteiger partial charge in [0, 0.05) is 0 Å². The van der Waals surface area contributed by atoms with Crippen molar-refractivity contribution in [3.05, 3.63) is 0 Å². The van der Waals surface area contributed by atoms with Gasteiger partial charge in [0.2, 0.25) is 11.6 Å². The van der Waals surface area contributed by atoms with Gasteiger partial charge in [0.1, 0.15) is 0 Å². The van der Waals surface area contributed by atoms with Gasteiger partial charge in [-0.3, -0.25) is 19.2 Å². The third-order valence-electron chi connectivity index (χ3n) is 3.28. The first-order valence-corrected chi connectivity index (χ1v) is 6.18. The van der Waals surface area contributed by atoms with Crippen LogP contribution in [0.2, 0.25) is 0 Å². The molecule has 5 heteroatoms. The molecule has 1 fully saturated rings. The summed E-state index contributed by atoms with van der Waals surface area (Å²) in [6, 6.07) is 0. The predicted molar refractivity (Wildman–Crippen MR) is 62.8 cm³/mol. The zero-order valence-corrected chi connectivity index (χ0v) is 10.7. The summed E-state index contributed by atoms with van der Waals surface area (Å²) >= 11 is 0. The van der Waals surface area contributed by atoms with Crippen molar-refractivity contribution < 1.29 is 23.9 Å². The van der Waals surface area contributed by atoms with Crippen LogP contribution in [-0.2, 0) is 23.9 Å². The Bertz CT molecular complexity index is 372. The molecule has 1 saturated carbocycles. The molecule has 0 aromatic carbocycles. The van der Waals surface area contributed by atoms with Crippen molar-refractivity contribution in [2.75, 3.05) is 7.11 Å². The van der Waals surface area contributed by atoms with Crippen LogP contribution in [0.1, 0.15) is 39.0 Å². The highest BCUT2D eigenvalue weighted by atomic mass is 16.5. The first kappa shape index (κ1) is 14.5. The quantitative estimate of drug-likeness (QED) is 0.402. The summed E-state index contributed by atoms with van der Waals surface area (Å²) in [6.45, 7) is 1.99. The molecular formula is C13H18O5. The van der Waals surface area contributed by atoms with Crippen LogP contribution in [0.25, 0.3) is 0 Å². The number of ketones is 3. The largest absolute Gasteiger partial charge is 0.469 e. The van der Waals surface area contributed by atoms with Gasteiger partial charge in [-0.15, -0.1) is 0 Å². The molecule has 0 aliphatic heterocycles. The topological polar surface area (TPSA) is 77.5 Å². The van der Waals surface area contributed by atoms with Crippen LogP contribution in [-0.4, -0.2) is 30.4 Å². The second kappa shape index (κ2) is 6.42. The normalized spacial score (nSPS) is 21.2. The van der Waals surface area contributed by atoms with Crippen LogP contribution in [0.15, 0.2) is 0 Å². The molecule has 2 atom stereocenters. The van der Waals surface area contributed by atoms with Crippen LogP contribution in [0, 0.1) is 11.8 Å². The van der Waals surface area contributed by atoms with Crippen molar-refractivity contribution in [1.29, 1.82) is 0 Å². The fourth-order valence-electron chi connectivity index (χ4n) is 2.18. The van der Waals surface area contributed by atoms with E-state index in [1.807, 2.05) is 6.92 Å². The Labute approximate surface area is 106 Å². The number of unbranched alkanes of at least 4 members (excludes halogenated alkanes) is 1. The van der Waals surface area contributed by atoms with Crippen molar-refractivity contribution in [2.45, 2.75) is 39.0 Å². The van der Waals surface area contributed by atoms with Crippen molar-refractivity contribution in [2.24, 2.45) is 11.8 Å². The fraction of sp³-hybridized carbons (Fsp3) is 0.692. The summed E-state index contributed by atoms with van der Waals surface area (Å²) in [6.07, 6.45) is 2.11. The van der Waals surface area contributed by atoms with E-state index >= 15 is 0 Å². The van der Waals surface area contributed by atoms with Crippen molar-refractivity contribution >= 4 is 23.3 Å². The lowest BCUT2D eigenvalue weighted by Gasteiger charge is -2.16. The van der Waals surface area contributed by atoms with Gasteiger partial charge in [0.05, 0.1) is 25.4 Å². The van der Waals surface area contributed by atoms with E-state index in [1.165, 1.54) is 7.11 Å². The maximum Gasteiger partial charge on any atom is 0.308 e. The van der Waals surface area contributed by atoms with Crippen LogP contribution in [0.3, 0.4) is 0 Å². The summed E-state index contributed by atoms with van der Waals surface area (Å²) in [5.41, 5.74) is 0. The first-order chi connectivity index (χ1) is 8.51. The highest BCUT2D eigenvalue weighted by Crippen LogP contribution is 2.26. The smallest absolute Gasteiger partial charge is 0.308 e. The van der Waals surface area contributed by atoms with Gasteiger partial charge < -0.3 is 4.74 Å². The number of hydrogen-bond donors (Lipinski definition) is 0. The van der Waals surface area contributed by atoms with E-state index in [1.54, 1.807) is 0 Å². The molecule has 5 nitrogen and oxygen atoms in total. The average Bonchev–Trinajstić information content (AvgIpc) is 2.59. The number of hydrogen-bond acceptors (Lipinski definition) is 5. The van der Waals surface area contributed by atoms with Gasteiger partial charge in [-0.1, -0.05) is 19.8 Å². The molecule has 18 heavy (non-hydrogen) atoms. The van der Waals surface area contributed by atoms with Gasteiger partial charge >= 0.3 is 5.97 Å². The number of rotatable bonds is 6. The van der Waals surface area contributed by atoms with Crippen molar-refractivity contribution in [3.8, 4) is 0 Å². The number of carbonyl (C=O) groups excluding carboxylic acids is 4. The molecule has 100 valence electrons. The summed E-state index contributed by atoms with van der Waals surface area (Å²) < 4.78 is 4.67. The molecule has 0 heterocycles.